The molecule has 0 aliphatic carbocycles. The van der Waals surface area contributed by atoms with Gasteiger partial charge in [0.2, 0.25) is 0 Å². The molecular weight excluding hydrogens is 352 g/mol. The van der Waals surface area contributed by atoms with Crippen LogP contribution in [0.5, 0.6) is 0 Å². The van der Waals surface area contributed by atoms with Gasteiger partial charge in [-0.25, -0.2) is 0 Å². The Morgan fingerprint density at radius 2 is 1.64 bits per heavy atom. The number of anilines is 1. The van der Waals surface area contributed by atoms with Crippen molar-refractivity contribution in [2.24, 2.45) is 0 Å². The number of nitrogens with one attached hydrogen (secondary N) is 2. The molecule has 0 unspecified atom stereocenters. The smallest absolute Gasteiger partial charge is 0.269 e. The van der Waals surface area contributed by atoms with Crippen molar-refractivity contribution in [1.82, 2.24) is 15.2 Å². The molecule has 0 radical (unpaired) electrons. The van der Waals surface area contributed by atoms with Gasteiger partial charge in [0.25, 0.3) is 5.91 Å². The Balaban J connectivity index is 1.41. The third-order valence-electron chi connectivity index (χ3n) is 4.94. The van der Waals surface area contributed by atoms with Gasteiger partial charge in [0, 0.05) is 51.4 Å². The Kier molecular flexibility index (Phi) is 7.84. The van der Waals surface area contributed by atoms with Crippen molar-refractivity contribution in [3.8, 4) is 0 Å². The molecule has 2 aromatic rings. The molecule has 150 valence electrons. The van der Waals surface area contributed by atoms with Crippen LogP contribution in [0.3, 0.4) is 0 Å². The summed E-state index contributed by atoms with van der Waals surface area (Å²) in [6.07, 6.45) is 0. The van der Waals surface area contributed by atoms with Gasteiger partial charge in [-0.3, -0.25) is 25.4 Å². The van der Waals surface area contributed by atoms with Gasteiger partial charge >= 0.3 is 0 Å². The number of carbonyl (C=O) groups excluding carboxylic acids is 1. The van der Waals surface area contributed by atoms with Gasteiger partial charge in [0.05, 0.1) is 12.3 Å². The SMILES string of the molecule is CCOCCN1CCN(Cc2ccc(C(=O)NNc3ccccc3)cc2)CC1. The van der Waals surface area contributed by atoms with E-state index in [4.69, 9.17) is 4.74 Å². The quantitative estimate of drug-likeness (QED) is 0.516. The number of rotatable bonds is 9. The standard InChI is InChI=1S/C22H30N4O2/c1-2-28-17-16-25-12-14-26(15-13-25)18-19-8-10-20(11-9-19)22(27)24-23-21-6-4-3-5-7-21/h3-11,23H,2,12-18H2,1H3,(H,24,27). The fourth-order valence-corrected chi connectivity index (χ4v) is 3.25. The first kappa shape index (κ1) is 20.3. The molecule has 0 bridgehead atoms. The highest BCUT2D eigenvalue weighted by molar-refractivity contribution is 5.94. The Morgan fingerprint density at radius 1 is 0.964 bits per heavy atom. The average molecular weight is 383 g/mol. The van der Waals surface area contributed by atoms with Crippen LogP contribution in [-0.2, 0) is 11.3 Å². The van der Waals surface area contributed by atoms with E-state index in [0.717, 1.165) is 58.2 Å². The number of hydrogen-bond donors (Lipinski definition) is 2. The molecule has 0 saturated carbocycles. The molecule has 2 N–H and O–H groups in total. The minimum Gasteiger partial charge on any atom is -0.380 e. The number of amides is 1. The van der Waals surface area contributed by atoms with Gasteiger partial charge in [-0.1, -0.05) is 30.3 Å². The van der Waals surface area contributed by atoms with Crippen molar-refractivity contribution in [3.05, 3.63) is 65.7 Å². The van der Waals surface area contributed by atoms with E-state index < -0.39 is 0 Å². The van der Waals surface area contributed by atoms with Crippen molar-refractivity contribution in [2.45, 2.75) is 13.5 Å². The lowest BCUT2D eigenvalue weighted by molar-refractivity contribution is 0.0786. The molecule has 1 aliphatic rings. The summed E-state index contributed by atoms with van der Waals surface area (Å²) in [5.41, 5.74) is 8.38. The van der Waals surface area contributed by atoms with Crippen molar-refractivity contribution < 1.29 is 9.53 Å². The van der Waals surface area contributed by atoms with E-state index in [1.165, 1.54) is 5.56 Å². The maximum atomic E-state index is 12.3. The molecule has 1 heterocycles. The average Bonchev–Trinajstić information content (AvgIpc) is 2.75. The predicted molar refractivity (Wildman–Crippen MR) is 112 cm³/mol. The molecule has 1 aliphatic heterocycles. The fraction of sp³-hybridized carbons (Fsp3) is 0.409. The summed E-state index contributed by atoms with van der Waals surface area (Å²) in [5, 5.41) is 0. The molecule has 1 saturated heterocycles. The zero-order valence-electron chi connectivity index (χ0n) is 16.6. The third-order valence-corrected chi connectivity index (χ3v) is 4.94. The summed E-state index contributed by atoms with van der Waals surface area (Å²) in [6.45, 7) is 9.87. The van der Waals surface area contributed by atoms with Crippen LogP contribution in [-0.4, -0.2) is 61.6 Å². The van der Waals surface area contributed by atoms with Crippen molar-refractivity contribution in [3.63, 3.8) is 0 Å². The predicted octanol–water partition coefficient (Wildman–Crippen LogP) is 2.60. The zero-order valence-corrected chi connectivity index (χ0v) is 16.6. The molecule has 2 aromatic carbocycles. The lowest BCUT2D eigenvalue weighted by Crippen LogP contribution is -2.46. The maximum absolute atomic E-state index is 12.3. The molecular formula is C22H30N4O2. The summed E-state index contributed by atoms with van der Waals surface area (Å²) in [7, 11) is 0. The minimum absolute atomic E-state index is 0.140. The van der Waals surface area contributed by atoms with Gasteiger partial charge in [0.15, 0.2) is 0 Å². The number of benzene rings is 2. The van der Waals surface area contributed by atoms with E-state index in [2.05, 4.69) is 20.7 Å². The van der Waals surface area contributed by atoms with Crippen molar-refractivity contribution in [1.29, 1.82) is 0 Å². The molecule has 0 atom stereocenters. The third kappa shape index (κ3) is 6.34. The number of piperazine rings is 1. The summed E-state index contributed by atoms with van der Waals surface area (Å²) in [4.78, 5) is 17.2. The molecule has 0 spiro atoms. The Bertz CT molecular complexity index is 713. The zero-order chi connectivity index (χ0) is 19.6. The molecule has 1 amide bonds. The first-order chi connectivity index (χ1) is 13.7. The molecule has 6 nitrogen and oxygen atoms in total. The van der Waals surface area contributed by atoms with Crippen LogP contribution in [0.4, 0.5) is 5.69 Å². The largest absolute Gasteiger partial charge is 0.380 e. The monoisotopic (exact) mass is 382 g/mol. The summed E-state index contributed by atoms with van der Waals surface area (Å²) >= 11 is 0. The fourth-order valence-electron chi connectivity index (χ4n) is 3.25. The number of carbonyl (C=O) groups is 1. The van der Waals surface area contributed by atoms with Crippen molar-refractivity contribution in [2.75, 3.05) is 51.4 Å². The molecule has 3 rings (SSSR count). The first-order valence-electron chi connectivity index (χ1n) is 9.97. The van der Waals surface area contributed by atoms with E-state index in [-0.39, 0.29) is 5.91 Å². The lowest BCUT2D eigenvalue weighted by Gasteiger charge is -2.34. The van der Waals surface area contributed by atoms with Crippen LogP contribution >= 0.6 is 0 Å². The summed E-state index contributed by atoms with van der Waals surface area (Å²) < 4.78 is 5.44. The van der Waals surface area contributed by atoms with Gasteiger partial charge in [-0.15, -0.1) is 0 Å². The van der Waals surface area contributed by atoms with Gasteiger partial charge in [-0.05, 0) is 36.8 Å². The highest BCUT2D eigenvalue weighted by atomic mass is 16.5. The van der Waals surface area contributed by atoms with Gasteiger partial charge in [-0.2, -0.15) is 0 Å². The van der Waals surface area contributed by atoms with E-state index in [1.807, 2.05) is 61.5 Å². The van der Waals surface area contributed by atoms with Gasteiger partial charge in [0.1, 0.15) is 0 Å². The van der Waals surface area contributed by atoms with Gasteiger partial charge < -0.3 is 4.74 Å². The van der Waals surface area contributed by atoms with Crippen LogP contribution in [0, 0.1) is 0 Å². The number of para-hydroxylation sites is 1. The van der Waals surface area contributed by atoms with Crippen LogP contribution in [0.1, 0.15) is 22.8 Å². The van der Waals surface area contributed by atoms with Crippen molar-refractivity contribution >= 4 is 11.6 Å². The molecule has 0 aromatic heterocycles. The second kappa shape index (κ2) is 10.8. The van der Waals surface area contributed by atoms with Crippen LogP contribution in [0.25, 0.3) is 0 Å². The van der Waals surface area contributed by atoms with E-state index in [1.54, 1.807) is 0 Å². The second-order valence-corrected chi connectivity index (χ2v) is 6.96. The molecule has 1 fully saturated rings. The Labute approximate surface area is 167 Å². The lowest BCUT2D eigenvalue weighted by atomic mass is 10.1. The molecule has 28 heavy (non-hydrogen) atoms. The summed E-state index contributed by atoms with van der Waals surface area (Å²) in [5.74, 6) is -0.140. The topological polar surface area (TPSA) is 56.8 Å². The van der Waals surface area contributed by atoms with Crippen LogP contribution in [0.15, 0.2) is 54.6 Å². The van der Waals surface area contributed by atoms with Crippen LogP contribution in [0.2, 0.25) is 0 Å². The normalized spacial score (nSPS) is 15.3. The minimum atomic E-state index is -0.140. The number of hydrogen-bond acceptors (Lipinski definition) is 5. The Hall–Kier alpha value is -2.41. The van der Waals surface area contributed by atoms with Crippen LogP contribution < -0.4 is 10.9 Å². The van der Waals surface area contributed by atoms with E-state index >= 15 is 0 Å². The highest BCUT2D eigenvalue weighted by Crippen LogP contribution is 2.11. The Morgan fingerprint density at radius 3 is 2.32 bits per heavy atom. The second-order valence-electron chi connectivity index (χ2n) is 6.96. The number of hydrazine groups is 1. The first-order valence-corrected chi connectivity index (χ1v) is 9.97. The summed E-state index contributed by atoms with van der Waals surface area (Å²) in [6, 6.07) is 17.4. The number of ether oxygens (including phenoxy) is 1. The van der Waals surface area contributed by atoms with E-state index in [9.17, 15) is 4.79 Å². The van der Waals surface area contributed by atoms with E-state index in [0.29, 0.717) is 5.56 Å². The highest BCUT2D eigenvalue weighted by Gasteiger charge is 2.16. The molecule has 6 heteroatoms. The maximum Gasteiger partial charge on any atom is 0.269 e. The number of nitrogens with zero attached hydrogens (tertiary/aromatic N) is 2.